The summed E-state index contributed by atoms with van der Waals surface area (Å²) in [5.74, 6) is -0.173. The van der Waals surface area contributed by atoms with Crippen LogP contribution >= 0.6 is 0 Å². The number of furan rings is 1. The number of rotatable bonds is 3. The van der Waals surface area contributed by atoms with Gasteiger partial charge in [0.1, 0.15) is 5.76 Å². The Morgan fingerprint density at radius 3 is 2.42 bits per heavy atom. The summed E-state index contributed by atoms with van der Waals surface area (Å²) in [5.41, 5.74) is 0.189. The number of alkyl halides is 3. The van der Waals surface area contributed by atoms with Gasteiger partial charge in [-0.05, 0) is 43.2 Å². The molecule has 2 saturated heterocycles. The Bertz CT molecular complexity index is 563. The van der Waals surface area contributed by atoms with Crippen LogP contribution in [0.25, 0.3) is 0 Å². The van der Waals surface area contributed by atoms with E-state index in [1.807, 2.05) is 6.07 Å². The summed E-state index contributed by atoms with van der Waals surface area (Å²) in [6.07, 6.45) is 0.293. The van der Waals surface area contributed by atoms with Gasteiger partial charge in [0.15, 0.2) is 0 Å². The Labute approximate surface area is 151 Å². The average molecular weight is 377 g/mol. The van der Waals surface area contributed by atoms with E-state index in [9.17, 15) is 13.2 Å². The topological polar surface area (TPSA) is 62.9 Å². The molecule has 3 heterocycles. The Kier molecular flexibility index (Phi) is 6.74. The van der Waals surface area contributed by atoms with Crippen LogP contribution < -0.4 is 0 Å². The Hall–Kier alpha value is -1.54. The zero-order valence-electron chi connectivity index (χ0n) is 15.1. The van der Waals surface area contributed by atoms with Crippen molar-refractivity contribution in [3.05, 3.63) is 24.2 Å². The van der Waals surface area contributed by atoms with E-state index in [4.69, 9.17) is 19.1 Å². The molecule has 1 aromatic rings. The maximum atomic E-state index is 10.6. The fourth-order valence-electron chi connectivity index (χ4n) is 3.40. The first kappa shape index (κ1) is 20.8. The van der Waals surface area contributed by atoms with E-state index in [0.717, 1.165) is 43.8 Å². The second-order valence-electron chi connectivity index (χ2n) is 7.36. The molecule has 2 fully saturated rings. The summed E-state index contributed by atoms with van der Waals surface area (Å²) in [6.45, 7) is 8.81. The molecule has 1 spiro atoms. The summed E-state index contributed by atoms with van der Waals surface area (Å²) in [5, 5.41) is 7.12. The number of nitrogens with zero attached hydrogens (tertiary/aromatic N) is 1. The predicted molar refractivity (Wildman–Crippen MR) is 88.5 cm³/mol. The van der Waals surface area contributed by atoms with Crippen LogP contribution in [0.4, 0.5) is 13.2 Å². The molecule has 0 saturated carbocycles. The largest absolute Gasteiger partial charge is 0.490 e. The zero-order valence-corrected chi connectivity index (χ0v) is 15.1. The monoisotopic (exact) mass is 377 g/mol. The van der Waals surface area contributed by atoms with Gasteiger partial charge in [0.2, 0.25) is 0 Å². The third-order valence-electron chi connectivity index (χ3n) is 5.15. The van der Waals surface area contributed by atoms with Crippen molar-refractivity contribution in [2.24, 2.45) is 11.8 Å². The van der Waals surface area contributed by atoms with Crippen molar-refractivity contribution >= 4 is 5.97 Å². The lowest BCUT2D eigenvalue weighted by Gasteiger charge is -2.38. The van der Waals surface area contributed by atoms with Gasteiger partial charge in [0.05, 0.1) is 25.0 Å². The van der Waals surface area contributed by atoms with Gasteiger partial charge in [-0.15, -0.1) is 0 Å². The van der Waals surface area contributed by atoms with Gasteiger partial charge in [0, 0.05) is 13.1 Å². The first-order valence-corrected chi connectivity index (χ1v) is 8.80. The van der Waals surface area contributed by atoms with E-state index in [2.05, 4.69) is 24.8 Å². The zero-order chi connectivity index (χ0) is 19.4. The Balaban J connectivity index is 0.000000298. The van der Waals surface area contributed by atoms with Gasteiger partial charge in [-0.2, -0.15) is 13.2 Å². The van der Waals surface area contributed by atoms with Crippen LogP contribution in [0.1, 0.15) is 38.9 Å². The fraction of sp³-hybridized carbons (Fsp3) is 0.722. The van der Waals surface area contributed by atoms with Crippen LogP contribution in [-0.2, 0) is 16.1 Å². The van der Waals surface area contributed by atoms with Crippen molar-refractivity contribution in [3.63, 3.8) is 0 Å². The molecule has 0 bridgehead atoms. The number of carboxylic acid groups (broad SMARTS) is 1. The van der Waals surface area contributed by atoms with Crippen molar-refractivity contribution in [1.82, 2.24) is 4.90 Å². The number of aliphatic carboxylic acids is 1. The van der Waals surface area contributed by atoms with Crippen LogP contribution in [0.2, 0.25) is 0 Å². The van der Waals surface area contributed by atoms with Gasteiger partial charge in [-0.3, -0.25) is 4.90 Å². The highest BCUT2D eigenvalue weighted by Gasteiger charge is 2.43. The molecule has 1 aromatic heterocycles. The van der Waals surface area contributed by atoms with E-state index >= 15 is 0 Å². The first-order valence-electron chi connectivity index (χ1n) is 8.80. The highest BCUT2D eigenvalue weighted by atomic mass is 19.4. The molecule has 1 N–H and O–H groups in total. The second-order valence-corrected chi connectivity index (χ2v) is 7.36. The average Bonchev–Trinajstić information content (AvgIpc) is 3.20. The summed E-state index contributed by atoms with van der Waals surface area (Å²) in [6, 6.07) is 4.03. The van der Waals surface area contributed by atoms with E-state index in [1.165, 1.54) is 19.3 Å². The van der Waals surface area contributed by atoms with Gasteiger partial charge in [0.25, 0.3) is 0 Å². The van der Waals surface area contributed by atoms with Crippen LogP contribution in [0.5, 0.6) is 0 Å². The molecule has 1 unspecified atom stereocenters. The van der Waals surface area contributed by atoms with E-state index < -0.39 is 12.1 Å². The molecular formula is C18H26F3NO4. The molecule has 0 aliphatic carbocycles. The highest BCUT2D eigenvalue weighted by Crippen LogP contribution is 2.41. The molecule has 3 rings (SSSR count). The number of halogens is 3. The summed E-state index contributed by atoms with van der Waals surface area (Å²) in [7, 11) is 0. The summed E-state index contributed by atoms with van der Waals surface area (Å²) < 4.78 is 43.4. The van der Waals surface area contributed by atoms with E-state index in [1.54, 1.807) is 6.26 Å². The van der Waals surface area contributed by atoms with Gasteiger partial charge >= 0.3 is 12.1 Å². The SMILES string of the molecule is CC(C)C1COC2(CCN(Cc3ccco3)CC2)C1.O=C(O)C(F)(F)F. The third-order valence-corrected chi connectivity index (χ3v) is 5.15. The first-order chi connectivity index (χ1) is 12.1. The molecular weight excluding hydrogens is 351 g/mol. The van der Waals surface area contributed by atoms with Gasteiger partial charge < -0.3 is 14.3 Å². The lowest BCUT2D eigenvalue weighted by Crippen LogP contribution is -2.43. The molecule has 0 amide bonds. The summed E-state index contributed by atoms with van der Waals surface area (Å²) in [4.78, 5) is 11.4. The Morgan fingerprint density at radius 2 is 2.00 bits per heavy atom. The maximum Gasteiger partial charge on any atom is 0.490 e. The molecule has 8 heteroatoms. The smallest absolute Gasteiger partial charge is 0.475 e. The van der Waals surface area contributed by atoms with E-state index in [-0.39, 0.29) is 5.60 Å². The summed E-state index contributed by atoms with van der Waals surface area (Å²) >= 11 is 0. The highest BCUT2D eigenvalue weighted by molar-refractivity contribution is 5.73. The number of carbonyl (C=O) groups is 1. The van der Waals surface area contributed by atoms with E-state index in [0.29, 0.717) is 0 Å². The second kappa shape index (κ2) is 8.43. The van der Waals surface area contributed by atoms with Crippen LogP contribution in [0.15, 0.2) is 22.8 Å². The number of carboxylic acids is 1. The number of hydrogen-bond acceptors (Lipinski definition) is 4. The van der Waals surface area contributed by atoms with Crippen LogP contribution in [0.3, 0.4) is 0 Å². The van der Waals surface area contributed by atoms with Crippen molar-refractivity contribution < 1.29 is 32.2 Å². The molecule has 0 radical (unpaired) electrons. The number of piperidine rings is 1. The minimum absolute atomic E-state index is 0.189. The number of likely N-dealkylation sites (tertiary alicyclic amines) is 1. The molecule has 2 aliphatic rings. The fourth-order valence-corrected chi connectivity index (χ4v) is 3.40. The molecule has 1 atom stereocenters. The van der Waals surface area contributed by atoms with Crippen LogP contribution in [-0.4, -0.2) is 47.4 Å². The molecule has 0 aromatic carbocycles. The third kappa shape index (κ3) is 5.74. The minimum Gasteiger partial charge on any atom is -0.475 e. The normalized spacial score (nSPS) is 23.1. The molecule has 5 nitrogen and oxygen atoms in total. The van der Waals surface area contributed by atoms with Crippen molar-refractivity contribution in [3.8, 4) is 0 Å². The standard InChI is InChI=1S/C16H25NO2.C2HF3O2/c1-13(2)14-10-16(19-12-14)5-7-17(8-6-16)11-15-4-3-9-18-15;3-2(4,5)1(6)7/h3-4,9,13-14H,5-8,10-12H2,1-2H3;(H,6,7). The van der Waals surface area contributed by atoms with Crippen molar-refractivity contribution in [1.29, 1.82) is 0 Å². The van der Waals surface area contributed by atoms with Crippen molar-refractivity contribution in [2.75, 3.05) is 19.7 Å². The lowest BCUT2D eigenvalue weighted by molar-refractivity contribution is -0.192. The van der Waals surface area contributed by atoms with Crippen LogP contribution in [0, 0.1) is 11.8 Å². The van der Waals surface area contributed by atoms with Gasteiger partial charge in [-0.1, -0.05) is 13.8 Å². The minimum atomic E-state index is -5.08. The lowest BCUT2D eigenvalue weighted by atomic mass is 9.82. The van der Waals surface area contributed by atoms with Gasteiger partial charge in [-0.25, -0.2) is 4.79 Å². The molecule has 2 aliphatic heterocycles. The number of hydrogen-bond donors (Lipinski definition) is 1. The van der Waals surface area contributed by atoms with Crippen molar-refractivity contribution in [2.45, 2.75) is 51.4 Å². The maximum absolute atomic E-state index is 10.6. The number of ether oxygens (including phenoxy) is 1. The molecule has 26 heavy (non-hydrogen) atoms. The molecule has 148 valence electrons. The Morgan fingerprint density at radius 1 is 1.38 bits per heavy atom. The predicted octanol–water partition coefficient (Wildman–Crippen LogP) is 3.94. The quantitative estimate of drug-likeness (QED) is 0.865.